The van der Waals surface area contributed by atoms with Crippen LogP contribution in [-0.4, -0.2) is 12.5 Å². The zero-order valence-electron chi connectivity index (χ0n) is 6.49. The highest BCUT2D eigenvalue weighted by Gasteiger charge is 2.27. The Labute approximate surface area is 70.1 Å². The molecule has 0 bridgehead atoms. The van der Waals surface area contributed by atoms with Crippen molar-refractivity contribution in [1.82, 2.24) is 0 Å². The van der Waals surface area contributed by atoms with Crippen LogP contribution in [0, 0.1) is 0 Å². The van der Waals surface area contributed by atoms with Crippen LogP contribution in [0.5, 0.6) is 5.75 Å². The molecule has 3 nitrogen and oxygen atoms in total. The molecule has 1 aromatic rings. The normalized spacial score (nSPS) is 19.8. The summed E-state index contributed by atoms with van der Waals surface area (Å²) < 4.78 is 5.27. The fourth-order valence-electron chi connectivity index (χ4n) is 1.40. The Morgan fingerprint density at radius 1 is 1.50 bits per heavy atom. The molecule has 2 rings (SSSR count). The number of para-hydroxylation sites is 1. The maximum absolute atomic E-state index is 10.9. The summed E-state index contributed by atoms with van der Waals surface area (Å²) in [6, 6.07) is 7.47. The van der Waals surface area contributed by atoms with Crippen LogP contribution in [0.25, 0.3) is 0 Å². The summed E-state index contributed by atoms with van der Waals surface area (Å²) >= 11 is 0. The molecule has 12 heavy (non-hydrogen) atoms. The lowest BCUT2D eigenvalue weighted by atomic mass is 10.0. The molecular formula is C9H9NO2. The van der Waals surface area contributed by atoms with Gasteiger partial charge in [0.2, 0.25) is 5.91 Å². The number of primary amides is 1. The number of rotatable bonds is 1. The lowest BCUT2D eigenvalue weighted by molar-refractivity contribution is -0.119. The topological polar surface area (TPSA) is 52.3 Å². The fourth-order valence-corrected chi connectivity index (χ4v) is 1.40. The predicted octanol–water partition coefficient (Wildman–Crippen LogP) is 0.648. The van der Waals surface area contributed by atoms with Crippen LogP contribution in [0.2, 0.25) is 0 Å². The van der Waals surface area contributed by atoms with Crippen molar-refractivity contribution in [3.8, 4) is 5.75 Å². The molecule has 0 radical (unpaired) electrons. The van der Waals surface area contributed by atoms with E-state index in [2.05, 4.69) is 0 Å². The zero-order chi connectivity index (χ0) is 8.55. The number of nitrogens with two attached hydrogens (primary N) is 1. The molecule has 2 N–H and O–H groups in total. The Hall–Kier alpha value is -1.51. The summed E-state index contributed by atoms with van der Waals surface area (Å²) in [4.78, 5) is 10.9. The highest BCUT2D eigenvalue weighted by atomic mass is 16.5. The van der Waals surface area contributed by atoms with Crippen LogP contribution in [-0.2, 0) is 4.79 Å². The van der Waals surface area contributed by atoms with Crippen LogP contribution < -0.4 is 10.5 Å². The summed E-state index contributed by atoms with van der Waals surface area (Å²) in [5.74, 6) is 0.197. The molecule has 1 heterocycles. The Morgan fingerprint density at radius 3 is 3.00 bits per heavy atom. The molecule has 0 spiro atoms. The van der Waals surface area contributed by atoms with Crippen molar-refractivity contribution in [2.45, 2.75) is 5.92 Å². The molecular weight excluding hydrogens is 154 g/mol. The molecule has 1 amide bonds. The molecule has 1 aliphatic heterocycles. The maximum Gasteiger partial charge on any atom is 0.228 e. The van der Waals surface area contributed by atoms with Crippen molar-refractivity contribution in [1.29, 1.82) is 0 Å². The SMILES string of the molecule is NC(=O)[C@@H]1COc2ccccc21. The fraction of sp³-hybridized carbons (Fsp3) is 0.222. The van der Waals surface area contributed by atoms with Gasteiger partial charge in [-0.15, -0.1) is 0 Å². The molecule has 0 saturated carbocycles. The first-order valence-corrected chi connectivity index (χ1v) is 3.80. The smallest absolute Gasteiger partial charge is 0.228 e. The third-order valence-electron chi connectivity index (χ3n) is 2.04. The van der Waals surface area contributed by atoms with Gasteiger partial charge in [-0.3, -0.25) is 4.79 Å². The molecule has 0 saturated heterocycles. The summed E-state index contributed by atoms with van der Waals surface area (Å²) in [6.45, 7) is 0.384. The maximum atomic E-state index is 10.9. The molecule has 62 valence electrons. The third kappa shape index (κ3) is 0.942. The van der Waals surface area contributed by atoms with Gasteiger partial charge in [0, 0.05) is 5.56 Å². The monoisotopic (exact) mass is 163 g/mol. The summed E-state index contributed by atoms with van der Waals surface area (Å²) in [7, 11) is 0. The molecule has 0 unspecified atom stereocenters. The van der Waals surface area contributed by atoms with E-state index in [0.717, 1.165) is 11.3 Å². The molecule has 0 aromatic heterocycles. The van der Waals surface area contributed by atoms with Gasteiger partial charge in [0.1, 0.15) is 18.3 Å². The number of carbonyl (C=O) groups excluding carboxylic acids is 1. The van der Waals surface area contributed by atoms with E-state index in [4.69, 9.17) is 10.5 Å². The van der Waals surface area contributed by atoms with Crippen LogP contribution in [0.1, 0.15) is 11.5 Å². The van der Waals surface area contributed by atoms with Crippen LogP contribution >= 0.6 is 0 Å². The van der Waals surface area contributed by atoms with Crippen molar-refractivity contribution in [2.24, 2.45) is 5.73 Å². The van der Waals surface area contributed by atoms with Crippen molar-refractivity contribution in [2.75, 3.05) is 6.61 Å². The van der Waals surface area contributed by atoms with Gasteiger partial charge in [-0.2, -0.15) is 0 Å². The Balaban J connectivity index is 2.42. The van der Waals surface area contributed by atoms with Crippen molar-refractivity contribution >= 4 is 5.91 Å². The van der Waals surface area contributed by atoms with Gasteiger partial charge in [0.15, 0.2) is 0 Å². The highest BCUT2D eigenvalue weighted by molar-refractivity contribution is 5.83. The first kappa shape index (κ1) is 7.16. The van der Waals surface area contributed by atoms with E-state index in [1.54, 1.807) is 0 Å². The largest absolute Gasteiger partial charge is 0.492 e. The summed E-state index contributed by atoms with van der Waals surface area (Å²) in [5, 5.41) is 0. The van der Waals surface area contributed by atoms with Gasteiger partial charge >= 0.3 is 0 Å². The number of hydrogen-bond acceptors (Lipinski definition) is 2. The minimum Gasteiger partial charge on any atom is -0.492 e. The summed E-state index contributed by atoms with van der Waals surface area (Å²) in [5.41, 5.74) is 6.10. The number of fused-ring (bicyclic) bond motifs is 1. The van der Waals surface area contributed by atoms with Crippen molar-refractivity contribution in [3.05, 3.63) is 29.8 Å². The quantitative estimate of drug-likeness (QED) is 0.660. The second kappa shape index (κ2) is 2.52. The Kier molecular flexibility index (Phi) is 1.50. The van der Waals surface area contributed by atoms with Gasteiger partial charge in [-0.1, -0.05) is 18.2 Å². The van der Waals surface area contributed by atoms with E-state index in [9.17, 15) is 4.79 Å². The van der Waals surface area contributed by atoms with Gasteiger partial charge in [-0.05, 0) is 6.07 Å². The molecule has 0 aliphatic carbocycles. The molecule has 1 aromatic carbocycles. The first-order valence-electron chi connectivity index (χ1n) is 3.80. The first-order chi connectivity index (χ1) is 5.79. The van der Waals surface area contributed by atoms with Crippen molar-refractivity contribution in [3.63, 3.8) is 0 Å². The second-order valence-corrected chi connectivity index (χ2v) is 2.80. The number of benzene rings is 1. The summed E-state index contributed by atoms with van der Waals surface area (Å²) in [6.07, 6.45) is 0. The molecule has 1 aliphatic rings. The van der Waals surface area contributed by atoms with E-state index in [1.165, 1.54) is 0 Å². The van der Waals surface area contributed by atoms with Gasteiger partial charge in [-0.25, -0.2) is 0 Å². The van der Waals surface area contributed by atoms with Gasteiger partial charge in [0.25, 0.3) is 0 Å². The number of amides is 1. The molecule has 1 atom stereocenters. The lowest BCUT2D eigenvalue weighted by Crippen LogP contribution is -2.22. The molecule has 3 heteroatoms. The van der Waals surface area contributed by atoms with E-state index in [0.29, 0.717) is 6.61 Å². The number of ether oxygens (including phenoxy) is 1. The van der Waals surface area contributed by atoms with Crippen LogP contribution in [0.4, 0.5) is 0 Å². The third-order valence-corrected chi connectivity index (χ3v) is 2.04. The van der Waals surface area contributed by atoms with E-state index in [1.807, 2.05) is 24.3 Å². The minimum atomic E-state index is -0.319. The van der Waals surface area contributed by atoms with E-state index < -0.39 is 0 Å². The van der Waals surface area contributed by atoms with Crippen LogP contribution in [0.15, 0.2) is 24.3 Å². The Bertz CT molecular complexity index is 322. The Morgan fingerprint density at radius 2 is 2.25 bits per heavy atom. The average Bonchev–Trinajstić information content (AvgIpc) is 2.47. The number of carbonyl (C=O) groups is 1. The van der Waals surface area contributed by atoms with E-state index in [-0.39, 0.29) is 11.8 Å². The average molecular weight is 163 g/mol. The number of hydrogen-bond donors (Lipinski definition) is 1. The lowest BCUT2D eigenvalue weighted by Gasteiger charge is -2.00. The zero-order valence-corrected chi connectivity index (χ0v) is 6.49. The van der Waals surface area contributed by atoms with Gasteiger partial charge in [0.05, 0.1) is 0 Å². The van der Waals surface area contributed by atoms with E-state index >= 15 is 0 Å². The van der Waals surface area contributed by atoms with Crippen molar-refractivity contribution < 1.29 is 9.53 Å². The van der Waals surface area contributed by atoms with Crippen LogP contribution in [0.3, 0.4) is 0 Å². The van der Waals surface area contributed by atoms with Gasteiger partial charge < -0.3 is 10.5 Å². The predicted molar refractivity (Wildman–Crippen MR) is 43.9 cm³/mol. The second-order valence-electron chi connectivity index (χ2n) is 2.80. The standard InChI is InChI=1S/C9H9NO2/c10-9(11)7-5-12-8-4-2-1-3-6(7)8/h1-4,7H,5H2,(H2,10,11)/t7-/m1/s1. The molecule has 0 fully saturated rings. The minimum absolute atomic E-state index is 0.263. The highest BCUT2D eigenvalue weighted by Crippen LogP contribution is 2.32.